The van der Waals surface area contributed by atoms with Crippen molar-refractivity contribution in [2.24, 2.45) is 5.92 Å². The predicted molar refractivity (Wildman–Crippen MR) is 78.1 cm³/mol. The number of hydrogen-bond donors (Lipinski definition) is 2. The Balaban J connectivity index is 1.88. The fourth-order valence-corrected chi connectivity index (χ4v) is 2.53. The third kappa shape index (κ3) is 3.80. The summed E-state index contributed by atoms with van der Waals surface area (Å²) in [5, 5.41) is 6.41. The van der Waals surface area contributed by atoms with Gasteiger partial charge in [-0.15, -0.1) is 0 Å². The summed E-state index contributed by atoms with van der Waals surface area (Å²) in [6.07, 6.45) is 1.91. The minimum Gasteiger partial charge on any atom is -0.355 e. The highest BCUT2D eigenvalue weighted by Crippen LogP contribution is 2.22. The van der Waals surface area contributed by atoms with Crippen LogP contribution in [0.4, 0.5) is 0 Å². The molecule has 0 spiro atoms. The maximum absolute atomic E-state index is 12.1. The lowest BCUT2D eigenvalue weighted by molar-refractivity contribution is -0.125. The number of amides is 1. The first-order valence-electron chi connectivity index (χ1n) is 7.13. The molecule has 0 unspecified atom stereocenters. The van der Waals surface area contributed by atoms with Crippen molar-refractivity contribution in [3.63, 3.8) is 0 Å². The molecule has 104 valence electrons. The van der Waals surface area contributed by atoms with Crippen LogP contribution in [0.3, 0.4) is 0 Å². The van der Waals surface area contributed by atoms with Crippen molar-refractivity contribution in [2.45, 2.75) is 32.1 Å². The molecule has 1 aliphatic rings. The summed E-state index contributed by atoms with van der Waals surface area (Å²) in [5.41, 5.74) is 1.24. The second-order valence-corrected chi connectivity index (χ2v) is 5.99. The topological polar surface area (TPSA) is 41.1 Å². The summed E-state index contributed by atoms with van der Waals surface area (Å²) in [7, 11) is 0. The van der Waals surface area contributed by atoms with Crippen LogP contribution >= 0.6 is 0 Å². The lowest BCUT2D eigenvalue weighted by Gasteiger charge is -2.28. The average molecular weight is 260 g/mol. The first kappa shape index (κ1) is 14.1. The summed E-state index contributed by atoms with van der Waals surface area (Å²) < 4.78 is 0. The summed E-state index contributed by atoms with van der Waals surface area (Å²) >= 11 is 0. The van der Waals surface area contributed by atoms with Crippen LogP contribution in [0.1, 0.15) is 32.3 Å². The van der Waals surface area contributed by atoms with E-state index in [9.17, 15) is 4.79 Å². The summed E-state index contributed by atoms with van der Waals surface area (Å²) in [6, 6.07) is 10.4. The Morgan fingerprint density at radius 1 is 1.26 bits per heavy atom. The predicted octanol–water partition coefficient (Wildman–Crippen LogP) is 2.08. The second kappa shape index (κ2) is 6.20. The van der Waals surface area contributed by atoms with Crippen LogP contribution < -0.4 is 10.6 Å². The van der Waals surface area contributed by atoms with E-state index >= 15 is 0 Å². The van der Waals surface area contributed by atoms with Gasteiger partial charge in [-0.05, 0) is 31.5 Å². The summed E-state index contributed by atoms with van der Waals surface area (Å²) in [6.45, 7) is 6.95. The second-order valence-electron chi connectivity index (χ2n) is 5.99. The van der Waals surface area contributed by atoms with Gasteiger partial charge in [-0.3, -0.25) is 4.79 Å². The molecule has 19 heavy (non-hydrogen) atoms. The molecule has 0 aromatic heterocycles. The van der Waals surface area contributed by atoms with Crippen LogP contribution in [0, 0.1) is 5.92 Å². The van der Waals surface area contributed by atoms with Gasteiger partial charge in [0.2, 0.25) is 5.91 Å². The normalized spacial score (nSPS) is 17.2. The Morgan fingerprint density at radius 2 is 1.89 bits per heavy atom. The van der Waals surface area contributed by atoms with Gasteiger partial charge in [0.05, 0.1) is 0 Å². The van der Waals surface area contributed by atoms with Crippen molar-refractivity contribution in [1.29, 1.82) is 0 Å². The van der Waals surface area contributed by atoms with E-state index in [0.29, 0.717) is 6.54 Å². The number of nitrogens with one attached hydrogen (secondary N) is 2. The maximum atomic E-state index is 12.1. The molecule has 1 aliphatic heterocycles. The summed E-state index contributed by atoms with van der Waals surface area (Å²) in [4.78, 5) is 12.1. The molecule has 1 saturated heterocycles. The molecule has 0 bridgehead atoms. The van der Waals surface area contributed by atoms with E-state index < -0.39 is 0 Å². The van der Waals surface area contributed by atoms with Crippen molar-refractivity contribution in [2.75, 3.05) is 19.6 Å². The number of piperidine rings is 1. The maximum Gasteiger partial charge on any atom is 0.223 e. The van der Waals surface area contributed by atoms with Crippen LogP contribution in [0.25, 0.3) is 0 Å². The molecule has 0 saturated carbocycles. The van der Waals surface area contributed by atoms with E-state index in [2.05, 4.69) is 36.6 Å². The Hall–Kier alpha value is -1.35. The molecule has 3 heteroatoms. The van der Waals surface area contributed by atoms with Gasteiger partial charge in [-0.2, -0.15) is 0 Å². The van der Waals surface area contributed by atoms with Gasteiger partial charge in [-0.1, -0.05) is 44.2 Å². The minimum atomic E-state index is -0.0240. The van der Waals surface area contributed by atoms with E-state index in [4.69, 9.17) is 0 Å². The van der Waals surface area contributed by atoms with E-state index in [1.807, 2.05) is 18.2 Å². The fourth-order valence-electron chi connectivity index (χ4n) is 2.53. The lowest BCUT2D eigenvalue weighted by atomic mass is 9.84. The highest BCUT2D eigenvalue weighted by Gasteiger charge is 2.25. The molecule has 3 nitrogen and oxygen atoms in total. The molecule has 1 fully saturated rings. The fraction of sp³-hybridized carbons (Fsp3) is 0.562. The Labute approximate surface area is 115 Å². The van der Waals surface area contributed by atoms with Gasteiger partial charge < -0.3 is 10.6 Å². The molecule has 1 aromatic rings. The Bertz CT molecular complexity index is 408. The minimum absolute atomic E-state index is 0.0240. The standard InChI is InChI=1S/C16H24N2O/c1-16(2,14-6-4-3-5-7-14)12-18-15(19)13-8-10-17-11-9-13/h3-7,13,17H,8-12H2,1-2H3,(H,18,19). The number of hydrogen-bond acceptors (Lipinski definition) is 2. The molecular formula is C16H24N2O. The van der Waals surface area contributed by atoms with Gasteiger partial charge in [0.15, 0.2) is 0 Å². The number of carbonyl (C=O) groups is 1. The first-order chi connectivity index (χ1) is 9.09. The van der Waals surface area contributed by atoms with Gasteiger partial charge in [0, 0.05) is 17.9 Å². The van der Waals surface area contributed by atoms with Crippen molar-refractivity contribution < 1.29 is 4.79 Å². The van der Waals surface area contributed by atoms with Crippen molar-refractivity contribution in [3.8, 4) is 0 Å². The zero-order valence-electron chi connectivity index (χ0n) is 11.9. The Kier molecular flexibility index (Phi) is 4.59. The molecule has 0 aliphatic carbocycles. The third-order valence-corrected chi connectivity index (χ3v) is 3.97. The number of carbonyl (C=O) groups excluding carboxylic acids is 1. The number of rotatable bonds is 4. The molecule has 2 rings (SSSR count). The SMILES string of the molecule is CC(C)(CNC(=O)C1CCNCC1)c1ccccc1. The van der Waals surface area contributed by atoms with Gasteiger partial charge in [0.25, 0.3) is 0 Å². The molecule has 1 amide bonds. The highest BCUT2D eigenvalue weighted by molar-refractivity contribution is 5.78. The highest BCUT2D eigenvalue weighted by atomic mass is 16.1. The molecule has 2 N–H and O–H groups in total. The van der Waals surface area contributed by atoms with Gasteiger partial charge in [-0.25, -0.2) is 0 Å². The lowest BCUT2D eigenvalue weighted by Crippen LogP contribution is -2.42. The average Bonchev–Trinajstić information content (AvgIpc) is 2.47. The first-order valence-corrected chi connectivity index (χ1v) is 7.13. The van der Waals surface area contributed by atoms with E-state index in [0.717, 1.165) is 25.9 Å². The zero-order valence-corrected chi connectivity index (χ0v) is 11.9. The molecule has 0 radical (unpaired) electrons. The van der Waals surface area contributed by atoms with Gasteiger partial charge in [0.1, 0.15) is 0 Å². The number of benzene rings is 1. The largest absolute Gasteiger partial charge is 0.355 e. The Morgan fingerprint density at radius 3 is 2.53 bits per heavy atom. The molecule has 1 heterocycles. The van der Waals surface area contributed by atoms with Crippen LogP contribution in [0.5, 0.6) is 0 Å². The van der Waals surface area contributed by atoms with Crippen LogP contribution in [-0.4, -0.2) is 25.5 Å². The molecule has 1 aromatic carbocycles. The zero-order chi connectivity index (χ0) is 13.7. The van der Waals surface area contributed by atoms with E-state index in [1.165, 1.54) is 5.56 Å². The molecule has 0 atom stereocenters. The van der Waals surface area contributed by atoms with Crippen LogP contribution in [0.15, 0.2) is 30.3 Å². The third-order valence-electron chi connectivity index (χ3n) is 3.97. The summed E-state index contributed by atoms with van der Waals surface area (Å²) in [5.74, 6) is 0.401. The smallest absolute Gasteiger partial charge is 0.223 e. The van der Waals surface area contributed by atoms with Crippen LogP contribution in [-0.2, 0) is 10.2 Å². The van der Waals surface area contributed by atoms with Crippen molar-refractivity contribution in [1.82, 2.24) is 10.6 Å². The molecular weight excluding hydrogens is 236 g/mol. The van der Waals surface area contributed by atoms with E-state index in [-0.39, 0.29) is 17.2 Å². The van der Waals surface area contributed by atoms with Crippen LogP contribution in [0.2, 0.25) is 0 Å². The van der Waals surface area contributed by atoms with E-state index in [1.54, 1.807) is 0 Å². The van der Waals surface area contributed by atoms with Crippen molar-refractivity contribution >= 4 is 5.91 Å². The quantitative estimate of drug-likeness (QED) is 0.870. The van der Waals surface area contributed by atoms with Crippen molar-refractivity contribution in [3.05, 3.63) is 35.9 Å². The monoisotopic (exact) mass is 260 g/mol. The van der Waals surface area contributed by atoms with Gasteiger partial charge >= 0.3 is 0 Å².